The maximum absolute atomic E-state index is 11.1. The first-order valence-corrected chi connectivity index (χ1v) is 5.41. The molecule has 0 saturated carbocycles. The number of aromatic hydroxyl groups is 1. The molecule has 18 heavy (non-hydrogen) atoms. The molecule has 1 unspecified atom stereocenters. The zero-order chi connectivity index (χ0) is 13.7. The highest BCUT2D eigenvalue weighted by Crippen LogP contribution is 2.29. The summed E-state index contributed by atoms with van der Waals surface area (Å²) >= 11 is 0. The maximum Gasteiger partial charge on any atom is 0.330 e. The average molecular weight is 253 g/mol. The molecule has 1 aromatic rings. The molecule has 6 heteroatoms. The molecule has 3 N–H and O–H groups in total. The number of hydrogen-bond donors (Lipinski definition) is 3. The summed E-state index contributed by atoms with van der Waals surface area (Å²) in [7, 11) is 0. The van der Waals surface area contributed by atoms with E-state index in [1.54, 1.807) is 6.92 Å². The average Bonchev–Trinajstić information content (AvgIpc) is 2.29. The van der Waals surface area contributed by atoms with E-state index in [0.29, 0.717) is 12.2 Å². The number of carboxylic acid groups (broad SMARTS) is 1. The lowest BCUT2D eigenvalue weighted by Gasteiger charge is -2.15. The van der Waals surface area contributed by atoms with Gasteiger partial charge in [-0.05, 0) is 24.6 Å². The molecular formula is C12H15NO5. The van der Waals surface area contributed by atoms with E-state index in [1.807, 2.05) is 0 Å². The molecule has 0 fully saturated rings. The van der Waals surface area contributed by atoms with Crippen LogP contribution in [0.5, 0.6) is 11.5 Å². The molecule has 0 aliphatic rings. The number of hydrogen-bond acceptors (Lipinski definition) is 4. The molecular weight excluding hydrogens is 238 g/mol. The summed E-state index contributed by atoms with van der Waals surface area (Å²) in [5.74, 6) is -1.52. The van der Waals surface area contributed by atoms with Crippen LogP contribution in [-0.2, 0) is 9.59 Å². The molecule has 1 amide bonds. The van der Waals surface area contributed by atoms with Crippen LogP contribution in [0, 0.1) is 0 Å². The highest BCUT2D eigenvalue weighted by atomic mass is 16.5. The fraction of sp³-hybridized carbons (Fsp3) is 0.333. The van der Waals surface area contributed by atoms with Crippen molar-refractivity contribution in [1.29, 1.82) is 0 Å². The summed E-state index contributed by atoms with van der Waals surface area (Å²) in [6, 6.07) is 2.99. The molecule has 0 saturated heterocycles. The van der Waals surface area contributed by atoms with Crippen molar-refractivity contribution in [2.24, 2.45) is 0 Å². The molecule has 0 spiro atoms. The number of aliphatic carboxylic acids is 1. The Balaban J connectivity index is 3.08. The number of carboxylic acids is 1. The lowest BCUT2D eigenvalue weighted by Crippen LogP contribution is -2.31. The Morgan fingerprint density at radius 2 is 2.11 bits per heavy atom. The van der Waals surface area contributed by atoms with Gasteiger partial charge in [0, 0.05) is 6.92 Å². The maximum atomic E-state index is 11.1. The SMILES string of the molecule is CCOc1cc(C(NC(C)=O)C(=O)O)ccc1O. The van der Waals surface area contributed by atoms with Gasteiger partial charge in [0.1, 0.15) is 0 Å². The van der Waals surface area contributed by atoms with Gasteiger partial charge in [0.2, 0.25) is 5.91 Å². The number of benzene rings is 1. The first kappa shape index (κ1) is 13.8. The van der Waals surface area contributed by atoms with Gasteiger partial charge < -0.3 is 20.3 Å². The minimum atomic E-state index is -1.18. The van der Waals surface area contributed by atoms with E-state index in [9.17, 15) is 14.7 Å². The zero-order valence-corrected chi connectivity index (χ0v) is 10.1. The second kappa shape index (κ2) is 5.90. The molecule has 0 bridgehead atoms. The number of amides is 1. The second-order valence-electron chi connectivity index (χ2n) is 3.63. The van der Waals surface area contributed by atoms with Gasteiger partial charge in [0.05, 0.1) is 6.61 Å². The van der Waals surface area contributed by atoms with Gasteiger partial charge in [-0.3, -0.25) is 4.79 Å². The Labute approximate surface area is 104 Å². The van der Waals surface area contributed by atoms with Crippen molar-refractivity contribution >= 4 is 11.9 Å². The fourth-order valence-electron chi connectivity index (χ4n) is 1.47. The van der Waals surface area contributed by atoms with Crippen LogP contribution in [0.15, 0.2) is 18.2 Å². The molecule has 1 rings (SSSR count). The number of ether oxygens (including phenoxy) is 1. The van der Waals surface area contributed by atoms with Crippen molar-refractivity contribution in [2.75, 3.05) is 6.61 Å². The van der Waals surface area contributed by atoms with E-state index >= 15 is 0 Å². The number of carbonyl (C=O) groups excluding carboxylic acids is 1. The summed E-state index contributed by atoms with van der Waals surface area (Å²) in [5, 5.41) is 20.9. The monoisotopic (exact) mass is 253 g/mol. The molecule has 1 atom stereocenters. The summed E-state index contributed by atoms with van der Waals surface area (Å²) < 4.78 is 5.16. The molecule has 1 aromatic carbocycles. The normalized spacial score (nSPS) is 11.7. The Morgan fingerprint density at radius 3 is 2.61 bits per heavy atom. The lowest BCUT2D eigenvalue weighted by molar-refractivity contribution is -0.141. The van der Waals surface area contributed by atoms with E-state index < -0.39 is 17.9 Å². The molecule has 0 radical (unpaired) electrons. The summed E-state index contributed by atoms with van der Waals surface area (Å²) in [5.41, 5.74) is 0.332. The van der Waals surface area contributed by atoms with Crippen LogP contribution in [0.1, 0.15) is 25.5 Å². The number of phenols is 1. The molecule has 0 heterocycles. The minimum absolute atomic E-state index is 0.0763. The smallest absolute Gasteiger partial charge is 0.330 e. The Morgan fingerprint density at radius 1 is 1.44 bits per heavy atom. The zero-order valence-electron chi connectivity index (χ0n) is 10.1. The molecule has 0 aliphatic heterocycles. The largest absolute Gasteiger partial charge is 0.504 e. The van der Waals surface area contributed by atoms with Gasteiger partial charge in [-0.1, -0.05) is 6.07 Å². The molecule has 0 aliphatic carbocycles. The third-order valence-electron chi connectivity index (χ3n) is 2.21. The van der Waals surface area contributed by atoms with Crippen molar-refractivity contribution in [3.05, 3.63) is 23.8 Å². The predicted octanol–water partition coefficient (Wildman–Crippen LogP) is 1.05. The summed E-state index contributed by atoms with van der Waals surface area (Å²) in [6.45, 7) is 3.32. The molecule has 6 nitrogen and oxygen atoms in total. The van der Waals surface area contributed by atoms with E-state index in [0.717, 1.165) is 0 Å². The Hall–Kier alpha value is -2.24. The first-order valence-electron chi connectivity index (χ1n) is 5.41. The fourth-order valence-corrected chi connectivity index (χ4v) is 1.47. The Kier molecular flexibility index (Phi) is 4.53. The van der Waals surface area contributed by atoms with Crippen LogP contribution in [0.25, 0.3) is 0 Å². The van der Waals surface area contributed by atoms with Crippen LogP contribution in [-0.4, -0.2) is 28.7 Å². The van der Waals surface area contributed by atoms with Gasteiger partial charge in [-0.25, -0.2) is 4.79 Å². The van der Waals surface area contributed by atoms with Gasteiger partial charge in [0.25, 0.3) is 0 Å². The van der Waals surface area contributed by atoms with Crippen molar-refractivity contribution in [2.45, 2.75) is 19.9 Å². The van der Waals surface area contributed by atoms with E-state index in [1.165, 1.54) is 25.1 Å². The van der Waals surface area contributed by atoms with Crippen LogP contribution in [0.4, 0.5) is 0 Å². The van der Waals surface area contributed by atoms with Crippen LogP contribution < -0.4 is 10.1 Å². The molecule has 0 aromatic heterocycles. The molecule has 98 valence electrons. The van der Waals surface area contributed by atoms with Crippen molar-refractivity contribution in [3.63, 3.8) is 0 Å². The lowest BCUT2D eigenvalue weighted by atomic mass is 10.1. The van der Waals surface area contributed by atoms with E-state index in [-0.39, 0.29) is 11.5 Å². The van der Waals surface area contributed by atoms with Crippen molar-refractivity contribution in [1.82, 2.24) is 5.32 Å². The second-order valence-corrected chi connectivity index (χ2v) is 3.63. The topological polar surface area (TPSA) is 95.9 Å². The van der Waals surface area contributed by atoms with Crippen molar-refractivity contribution < 1.29 is 24.5 Å². The van der Waals surface area contributed by atoms with Gasteiger partial charge in [-0.15, -0.1) is 0 Å². The minimum Gasteiger partial charge on any atom is -0.504 e. The predicted molar refractivity (Wildman–Crippen MR) is 63.5 cm³/mol. The van der Waals surface area contributed by atoms with Crippen LogP contribution in [0.2, 0.25) is 0 Å². The Bertz CT molecular complexity index is 458. The number of phenolic OH excluding ortho intramolecular Hbond substituents is 1. The highest BCUT2D eigenvalue weighted by Gasteiger charge is 2.21. The number of rotatable bonds is 5. The highest BCUT2D eigenvalue weighted by molar-refractivity contribution is 5.83. The van der Waals surface area contributed by atoms with Gasteiger partial charge in [0.15, 0.2) is 17.5 Å². The standard InChI is InChI=1S/C12H15NO5/c1-3-18-10-6-8(4-5-9(10)15)11(12(16)17)13-7(2)14/h4-6,11,15H,3H2,1-2H3,(H,13,14)(H,16,17). The number of carbonyl (C=O) groups is 2. The quantitative estimate of drug-likeness (QED) is 0.729. The van der Waals surface area contributed by atoms with Crippen molar-refractivity contribution in [3.8, 4) is 11.5 Å². The third-order valence-corrected chi connectivity index (χ3v) is 2.21. The first-order chi connectivity index (χ1) is 8.45. The van der Waals surface area contributed by atoms with Gasteiger partial charge >= 0.3 is 5.97 Å². The van der Waals surface area contributed by atoms with Crippen LogP contribution >= 0.6 is 0 Å². The van der Waals surface area contributed by atoms with E-state index in [2.05, 4.69) is 5.32 Å². The summed E-state index contributed by atoms with van der Waals surface area (Å²) in [6.07, 6.45) is 0. The number of nitrogens with one attached hydrogen (secondary N) is 1. The summed E-state index contributed by atoms with van der Waals surface area (Å²) in [4.78, 5) is 22.0. The van der Waals surface area contributed by atoms with E-state index in [4.69, 9.17) is 9.84 Å². The third kappa shape index (κ3) is 3.38. The van der Waals surface area contributed by atoms with Crippen LogP contribution in [0.3, 0.4) is 0 Å². The van der Waals surface area contributed by atoms with Gasteiger partial charge in [-0.2, -0.15) is 0 Å².